The number of esters is 1. The maximum Gasteiger partial charge on any atom is 0.338 e. The van der Waals surface area contributed by atoms with Crippen LogP contribution in [0.5, 0.6) is 17.2 Å². The van der Waals surface area contributed by atoms with E-state index in [1.165, 1.54) is 0 Å². The highest BCUT2D eigenvalue weighted by atomic mass is 16.5. The first-order valence-corrected chi connectivity index (χ1v) is 9.12. The fourth-order valence-electron chi connectivity index (χ4n) is 3.00. The number of nitrogens with one attached hydrogen (secondary N) is 1. The molecule has 1 heterocycles. The van der Waals surface area contributed by atoms with Gasteiger partial charge in [-0.3, -0.25) is 4.79 Å². The summed E-state index contributed by atoms with van der Waals surface area (Å²) >= 11 is 0. The standard InChI is InChI=1S/C22H23NO6/c1-14(18-11-17(26-2)8-9-20(18)27-3)23-21(24)13-29-22(25)16-10-15-6-4-5-7-19(15)28-12-16/h4-11,14H,12-13H2,1-3H3,(H,23,24)/t14-/m1/s1. The summed E-state index contributed by atoms with van der Waals surface area (Å²) in [5, 5.41) is 2.79. The van der Waals surface area contributed by atoms with Crippen molar-refractivity contribution in [2.24, 2.45) is 0 Å². The number of ether oxygens (including phenoxy) is 4. The molecule has 0 fully saturated rings. The average molecular weight is 397 g/mol. The van der Waals surface area contributed by atoms with Crippen molar-refractivity contribution in [1.82, 2.24) is 5.32 Å². The lowest BCUT2D eigenvalue weighted by Gasteiger charge is -2.19. The van der Waals surface area contributed by atoms with Crippen molar-refractivity contribution in [3.8, 4) is 17.2 Å². The molecule has 0 spiro atoms. The molecule has 0 aromatic heterocycles. The van der Waals surface area contributed by atoms with Crippen LogP contribution < -0.4 is 19.5 Å². The minimum Gasteiger partial charge on any atom is -0.497 e. The Morgan fingerprint density at radius 3 is 2.69 bits per heavy atom. The van der Waals surface area contributed by atoms with Gasteiger partial charge in [0.15, 0.2) is 6.61 Å². The lowest BCUT2D eigenvalue weighted by molar-refractivity contribution is -0.145. The minimum absolute atomic E-state index is 0.106. The Balaban J connectivity index is 1.58. The Morgan fingerprint density at radius 2 is 1.93 bits per heavy atom. The largest absolute Gasteiger partial charge is 0.497 e. The van der Waals surface area contributed by atoms with E-state index >= 15 is 0 Å². The van der Waals surface area contributed by atoms with Crippen molar-refractivity contribution < 1.29 is 28.5 Å². The van der Waals surface area contributed by atoms with E-state index in [0.29, 0.717) is 22.8 Å². The van der Waals surface area contributed by atoms with Crippen LogP contribution in [0.2, 0.25) is 0 Å². The Hall–Kier alpha value is -3.48. The summed E-state index contributed by atoms with van der Waals surface area (Å²) in [5.41, 5.74) is 1.92. The monoisotopic (exact) mass is 397 g/mol. The quantitative estimate of drug-likeness (QED) is 0.724. The van der Waals surface area contributed by atoms with Gasteiger partial charge in [-0.1, -0.05) is 18.2 Å². The van der Waals surface area contributed by atoms with Gasteiger partial charge in [0.1, 0.15) is 23.9 Å². The summed E-state index contributed by atoms with van der Waals surface area (Å²) in [6, 6.07) is 12.4. The smallest absolute Gasteiger partial charge is 0.338 e. The molecular weight excluding hydrogens is 374 g/mol. The predicted molar refractivity (Wildman–Crippen MR) is 107 cm³/mol. The Bertz CT molecular complexity index is 937. The van der Waals surface area contributed by atoms with Gasteiger partial charge in [0, 0.05) is 11.1 Å². The molecule has 29 heavy (non-hydrogen) atoms. The molecule has 1 aliphatic rings. The zero-order chi connectivity index (χ0) is 20.8. The molecule has 0 unspecified atom stereocenters. The summed E-state index contributed by atoms with van der Waals surface area (Å²) in [6.07, 6.45) is 1.71. The molecular formula is C22H23NO6. The highest BCUT2D eigenvalue weighted by Crippen LogP contribution is 2.29. The number of carbonyl (C=O) groups excluding carboxylic acids is 2. The van der Waals surface area contributed by atoms with Crippen molar-refractivity contribution in [1.29, 1.82) is 0 Å². The number of hydrogen-bond acceptors (Lipinski definition) is 6. The third-order valence-corrected chi connectivity index (χ3v) is 4.51. The van der Waals surface area contributed by atoms with Crippen LogP contribution in [0, 0.1) is 0 Å². The molecule has 0 bridgehead atoms. The molecule has 0 radical (unpaired) electrons. The fraction of sp³-hybridized carbons (Fsp3) is 0.273. The fourth-order valence-corrected chi connectivity index (χ4v) is 3.00. The second-order valence-electron chi connectivity index (χ2n) is 6.47. The zero-order valence-electron chi connectivity index (χ0n) is 16.6. The number of carbonyl (C=O) groups is 2. The summed E-state index contributed by atoms with van der Waals surface area (Å²) < 4.78 is 21.2. The third kappa shape index (κ3) is 4.87. The van der Waals surface area contributed by atoms with Crippen LogP contribution in [-0.4, -0.2) is 39.3 Å². The topological polar surface area (TPSA) is 83.1 Å². The summed E-state index contributed by atoms with van der Waals surface area (Å²) in [7, 11) is 3.12. The summed E-state index contributed by atoms with van der Waals surface area (Å²) in [6.45, 7) is 1.52. The van der Waals surface area contributed by atoms with Crippen LogP contribution in [0.15, 0.2) is 48.0 Å². The van der Waals surface area contributed by atoms with E-state index in [1.54, 1.807) is 38.5 Å². The van der Waals surface area contributed by atoms with Gasteiger partial charge < -0.3 is 24.3 Å². The molecule has 0 saturated heterocycles. The van der Waals surface area contributed by atoms with Crippen molar-refractivity contribution in [3.63, 3.8) is 0 Å². The van der Waals surface area contributed by atoms with Gasteiger partial charge in [-0.2, -0.15) is 0 Å². The van der Waals surface area contributed by atoms with E-state index in [1.807, 2.05) is 31.2 Å². The van der Waals surface area contributed by atoms with Gasteiger partial charge in [-0.15, -0.1) is 0 Å². The average Bonchev–Trinajstić information content (AvgIpc) is 2.76. The Labute approximate surface area is 169 Å². The lowest BCUT2D eigenvalue weighted by atomic mass is 10.1. The van der Waals surface area contributed by atoms with E-state index < -0.39 is 18.5 Å². The molecule has 2 aromatic carbocycles. The van der Waals surface area contributed by atoms with Gasteiger partial charge in [0.05, 0.1) is 25.8 Å². The van der Waals surface area contributed by atoms with Gasteiger partial charge in [-0.25, -0.2) is 4.79 Å². The molecule has 1 N–H and O–H groups in total. The molecule has 0 saturated carbocycles. The molecule has 7 heteroatoms. The van der Waals surface area contributed by atoms with Crippen molar-refractivity contribution in [2.75, 3.05) is 27.4 Å². The van der Waals surface area contributed by atoms with Crippen LogP contribution in [0.25, 0.3) is 6.08 Å². The summed E-state index contributed by atoms with van der Waals surface area (Å²) in [4.78, 5) is 24.5. The lowest BCUT2D eigenvalue weighted by Crippen LogP contribution is -2.32. The SMILES string of the molecule is COc1ccc(OC)c([C@@H](C)NC(=O)COC(=O)C2=Cc3ccccc3OC2)c1. The maximum absolute atomic E-state index is 12.3. The highest BCUT2D eigenvalue weighted by molar-refractivity contribution is 5.96. The number of rotatable bonds is 7. The molecule has 2 aromatic rings. The molecule has 152 valence electrons. The number of fused-ring (bicyclic) bond motifs is 1. The second-order valence-corrected chi connectivity index (χ2v) is 6.47. The predicted octanol–water partition coefficient (Wildman–Crippen LogP) is 2.90. The first kappa shape index (κ1) is 20.3. The molecule has 7 nitrogen and oxygen atoms in total. The summed E-state index contributed by atoms with van der Waals surface area (Å²) in [5.74, 6) is 0.981. The van der Waals surface area contributed by atoms with Crippen LogP contribution in [0.1, 0.15) is 24.1 Å². The van der Waals surface area contributed by atoms with Crippen molar-refractivity contribution in [3.05, 3.63) is 59.2 Å². The number of amides is 1. The molecule has 1 amide bonds. The van der Waals surface area contributed by atoms with Gasteiger partial charge in [-0.05, 0) is 37.3 Å². The van der Waals surface area contributed by atoms with Gasteiger partial charge >= 0.3 is 5.97 Å². The van der Waals surface area contributed by atoms with E-state index in [-0.39, 0.29) is 12.6 Å². The first-order chi connectivity index (χ1) is 14.0. The Kier molecular flexibility index (Phi) is 6.39. The van der Waals surface area contributed by atoms with Crippen LogP contribution in [-0.2, 0) is 14.3 Å². The van der Waals surface area contributed by atoms with E-state index in [9.17, 15) is 9.59 Å². The van der Waals surface area contributed by atoms with Crippen molar-refractivity contribution >= 4 is 18.0 Å². The molecule has 0 aliphatic carbocycles. The van der Waals surface area contributed by atoms with Crippen LogP contribution in [0.3, 0.4) is 0 Å². The van der Waals surface area contributed by atoms with Gasteiger partial charge in [0.25, 0.3) is 5.91 Å². The number of methoxy groups -OCH3 is 2. The number of para-hydroxylation sites is 1. The number of hydrogen-bond donors (Lipinski definition) is 1. The molecule has 1 atom stereocenters. The first-order valence-electron chi connectivity index (χ1n) is 9.12. The zero-order valence-corrected chi connectivity index (χ0v) is 16.6. The van der Waals surface area contributed by atoms with E-state index in [4.69, 9.17) is 18.9 Å². The molecule has 1 aliphatic heterocycles. The Morgan fingerprint density at radius 1 is 1.14 bits per heavy atom. The van der Waals surface area contributed by atoms with Crippen molar-refractivity contribution in [2.45, 2.75) is 13.0 Å². The maximum atomic E-state index is 12.3. The van der Waals surface area contributed by atoms with Crippen LogP contribution in [0.4, 0.5) is 0 Å². The molecule has 3 rings (SSSR count). The normalized spacial score (nSPS) is 13.3. The van der Waals surface area contributed by atoms with Gasteiger partial charge in [0.2, 0.25) is 0 Å². The van der Waals surface area contributed by atoms with E-state index in [0.717, 1.165) is 11.1 Å². The van der Waals surface area contributed by atoms with Crippen LogP contribution >= 0.6 is 0 Å². The minimum atomic E-state index is -0.582. The highest BCUT2D eigenvalue weighted by Gasteiger charge is 2.20. The van der Waals surface area contributed by atoms with E-state index in [2.05, 4.69) is 5.32 Å². The third-order valence-electron chi connectivity index (χ3n) is 4.51. The second kappa shape index (κ2) is 9.14. The number of benzene rings is 2.